The van der Waals surface area contributed by atoms with Crippen LogP contribution < -0.4 is 5.69 Å². The van der Waals surface area contributed by atoms with Crippen molar-refractivity contribution in [2.75, 3.05) is 0 Å². The molecule has 0 bridgehead atoms. The van der Waals surface area contributed by atoms with Gasteiger partial charge in [0.15, 0.2) is 0 Å². The van der Waals surface area contributed by atoms with Crippen LogP contribution >= 0.6 is 0 Å². The maximum Gasteiger partial charge on any atom is 0.326 e. The molecule has 0 aliphatic rings. The third-order valence-corrected chi connectivity index (χ3v) is 2.28. The van der Waals surface area contributed by atoms with Crippen molar-refractivity contribution in [3.8, 4) is 0 Å². The molecule has 1 aromatic heterocycles. The first-order chi connectivity index (χ1) is 7.08. The summed E-state index contributed by atoms with van der Waals surface area (Å²) < 4.78 is 14.5. The lowest BCUT2D eigenvalue weighted by Gasteiger charge is -2.05. The minimum Gasteiger partial charge on any atom is -0.305 e. The second-order valence-electron chi connectivity index (χ2n) is 4.10. The Kier molecular flexibility index (Phi) is 2.34. The summed E-state index contributed by atoms with van der Waals surface area (Å²) in [7, 11) is 0. The van der Waals surface area contributed by atoms with Gasteiger partial charge >= 0.3 is 5.69 Å². The van der Waals surface area contributed by atoms with Crippen molar-refractivity contribution in [2.24, 2.45) is 5.92 Å². The highest BCUT2D eigenvalue weighted by atomic mass is 19.1. The largest absolute Gasteiger partial charge is 0.326 e. The Balaban J connectivity index is 2.63. The molecule has 2 aromatic rings. The van der Waals surface area contributed by atoms with Crippen LogP contribution in [0, 0.1) is 11.7 Å². The summed E-state index contributed by atoms with van der Waals surface area (Å²) in [6.45, 7) is 4.72. The number of hydrogen-bond acceptors (Lipinski definition) is 1. The van der Waals surface area contributed by atoms with Crippen molar-refractivity contribution in [3.63, 3.8) is 0 Å². The Morgan fingerprint density at radius 1 is 1.47 bits per heavy atom. The summed E-state index contributed by atoms with van der Waals surface area (Å²) in [5, 5.41) is 0. The minimum absolute atomic E-state index is 0.177. The van der Waals surface area contributed by atoms with Crippen LogP contribution in [0.5, 0.6) is 0 Å². The summed E-state index contributed by atoms with van der Waals surface area (Å²) in [6, 6.07) is 4.34. The second-order valence-corrected chi connectivity index (χ2v) is 4.10. The van der Waals surface area contributed by atoms with Crippen molar-refractivity contribution < 1.29 is 4.39 Å². The zero-order valence-electron chi connectivity index (χ0n) is 8.75. The summed E-state index contributed by atoms with van der Waals surface area (Å²) in [5.41, 5.74) is 1.14. The number of rotatable bonds is 2. The molecule has 0 fully saturated rings. The van der Waals surface area contributed by atoms with Crippen molar-refractivity contribution in [2.45, 2.75) is 20.4 Å². The summed E-state index contributed by atoms with van der Waals surface area (Å²) in [4.78, 5) is 14.2. The number of halogens is 1. The van der Waals surface area contributed by atoms with E-state index in [1.807, 2.05) is 13.8 Å². The molecule has 0 aliphatic carbocycles. The number of fused-ring (bicyclic) bond motifs is 1. The maximum atomic E-state index is 12.9. The number of benzene rings is 1. The molecule has 0 unspecified atom stereocenters. The van der Waals surface area contributed by atoms with Crippen LogP contribution in [-0.4, -0.2) is 9.55 Å². The molecule has 0 spiro atoms. The van der Waals surface area contributed by atoms with Crippen LogP contribution in [0.4, 0.5) is 4.39 Å². The molecule has 1 heterocycles. The molecule has 15 heavy (non-hydrogen) atoms. The molecule has 0 radical (unpaired) electrons. The molecular formula is C11H13FN2O. The molecule has 0 amide bonds. The summed E-state index contributed by atoms with van der Waals surface area (Å²) >= 11 is 0. The lowest BCUT2D eigenvalue weighted by molar-refractivity contribution is 0.522. The van der Waals surface area contributed by atoms with Gasteiger partial charge in [0.1, 0.15) is 5.82 Å². The van der Waals surface area contributed by atoms with Crippen LogP contribution in [0.15, 0.2) is 23.0 Å². The van der Waals surface area contributed by atoms with Gasteiger partial charge in [-0.25, -0.2) is 9.18 Å². The van der Waals surface area contributed by atoms with E-state index in [2.05, 4.69) is 4.98 Å². The number of hydrogen-bond donors (Lipinski definition) is 1. The quantitative estimate of drug-likeness (QED) is 0.806. The van der Waals surface area contributed by atoms with Gasteiger partial charge in [0, 0.05) is 6.54 Å². The van der Waals surface area contributed by atoms with E-state index in [0.717, 1.165) is 5.52 Å². The van der Waals surface area contributed by atoms with E-state index in [-0.39, 0.29) is 11.5 Å². The van der Waals surface area contributed by atoms with E-state index in [1.165, 1.54) is 12.1 Å². The van der Waals surface area contributed by atoms with Gasteiger partial charge < -0.3 is 4.98 Å². The fourth-order valence-corrected chi connectivity index (χ4v) is 1.68. The van der Waals surface area contributed by atoms with E-state index in [4.69, 9.17) is 0 Å². The zero-order valence-corrected chi connectivity index (χ0v) is 8.75. The highest BCUT2D eigenvalue weighted by molar-refractivity contribution is 5.75. The molecule has 0 saturated carbocycles. The highest BCUT2D eigenvalue weighted by Gasteiger charge is 2.08. The van der Waals surface area contributed by atoms with Crippen molar-refractivity contribution in [1.82, 2.24) is 9.55 Å². The van der Waals surface area contributed by atoms with Gasteiger partial charge in [-0.3, -0.25) is 4.57 Å². The van der Waals surface area contributed by atoms with Crippen molar-refractivity contribution in [3.05, 3.63) is 34.5 Å². The maximum absolute atomic E-state index is 12.9. The summed E-state index contributed by atoms with van der Waals surface area (Å²) in [5.74, 6) is 0.0483. The number of nitrogens with zero attached hydrogens (tertiary/aromatic N) is 1. The first-order valence-electron chi connectivity index (χ1n) is 4.96. The molecule has 1 N–H and O–H groups in total. The molecule has 0 aliphatic heterocycles. The first kappa shape index (κ1) is 9.96. The molecular weight excluding hydrogens is 195 g/mol. The number of H-pyrrole nitrogens is 1. The van der Waals surface area contributed by atoms with Gasteiger partial charge in [0.05, 0.1) is 11.0 Å². The zero-order chi connectivity index (χ0) is 11.0. The Hall–Kier alpha value is -1.58. The van der Waals surface area contributed by atoms with E-state index in [1.54, 1.807) is 10.6 Å². The predicted molar refractivity (Wildman–Crippen MR) is 57.4 cm³/mol. The van der Waals surface area contributed by atoms with Gasteiger partial charge in [-0.1, -0.05) is 13.8 Å². The minimum atomic E-state index is -0.333. The van der Waals surface area contributed by atoms with E-state index < -0.39 is 0 Å². The Morgan fingerprint density at radius 2 is 2.20 bits per heavy atom. The lowest BCUT2D eigenvalue weighted by atomic mass is 10.2. The predicted octanol–water partition coefficient (Wildman–Crippen LogP) is 2.12. The molecule has 1 aromatic carbocycles. The summed E-state index contributed by atoms with van der Waals surface area (Å²) in [6.07, 6.45) is 0. The average molecular weight is 208 g/mol. The van der Waals surface area contributed by atoms with Crippen LogP contribution in [0.3, 0.4) is 0 Å². The fourth-order valence-electron chi connectivity index (χ4n) is 1.68. The number of aromatic nitrogens is 2. The first-order valence-corrected chi connectivity index (χ1v) is 4.96. The number of imidazole rings is 1. The van der Waals surface area contributed by atoms with Gasteiger partial charge in [-0.05, 0) is 24.1 Å². The average Bonchev–Trinajstić information content (AvgIpc) is 2.41. The van der Waals surface area contributed by atoms with Gasteiger partial charge in [0.2, 0.25) is 0 Å². The molecule has 0 saturated heterocycles. The molecule has 2 rings (SSSR count). The smallest absolute Gasteiger partial charge is 0.305 e. The van der Waals surface area contributed by atoms with E-state index in [0.29, 0.717) is 18.0 Å². The standard InChI is InChI=1S/C11H13FN2O/c1-7(2)6-14-10-4-3-8(12)5-9(10)13-11(14)15/h3-5,7H,6H2,1-2H3,(H,13,15). The van der Waals surface area contributed by atoms with Crippen molar-refractivity contribution >= 4 is 11.0 Å². The van der Waals surface area contributed by atoms with Crippen LogP contribution in [0.25, 0.3) is 11.0 Å². The third-order valence-electron chi connectivity index (χ3n) is 2.28. The Bertz CT molecular complexity index is 539. The molecule has 80 valence electrons. The Labute approximate surface area is 86.5 Å². The number of aromatic amines is 1. The molecule has 0 atom stereocenters. The lowest BCUT2D eigenvalue weighted by Crippen LogP contribution is -2.19. The monoisotopic (exact) mass is 208 g/mol. The normalized spacial score (nSPS) is 11.5. The topological polar surface area (TPSA) is 37.8 Å². The number of nitrogens with one attached hydrogen (secondary N) is 1. The van der Waals surface area contributed by atoms with E-state index in [9.17, 15) is 9.18 Å². The van der Waals surface area contributed by atoms with Crippen LogP contribution in [-0.2, 0) is 6.54 Å². The molecule has 4 heteroatoms. The SMILES string of the molecule is CC(C)Cn1c(=O)[nH]c2cc(F)ccc21. The van der Waals surface area contributed by atoms with Crippen molar-refractivity contribution in [1.29, 1.82) is 0 Å². The third kappa shape index (κ3) is 1.79. The van der Waals surface area contributed by atoms with E-state index >= 15 is 0 Å². The van der Waals surface area contributed by atoms with Gasteiger partial charge in [-0.15, -0.1) is 0 Å². The fraction of sp³-hybridized carbons (Fsp3) is 0.364. The molecule has 3 nitrogen and oxygen atoms in total. The van der Waals surface area contributed by atoms with Crippen LogP contribution in [0.1, 0.15) is 13.8 Å². The Morgan fingerprint density at radius 3 is 2.87 bits per heavy atom. The van der Waals surface area contributed by atoms with Gasteiger partial charge in [0.25, 0.3) is 0 Å². The second kappa shape index (κ2) is 3.53. The van der Waals surface area contributed by atoms with Gasteiger partial charge in [-0.2, -0.15) is 0 Å². The van der Waals surface area contributed by atoms with Crippen LogP contribution in [0.2, 0.25) is 0 Å². The highest BCUT2D eigenvalue weighted by Crippen LogP contribution is 2.12.